The van der Waals surface area contributed by atoms with E-state index >= 15 is 0 Å². The third kappa shape index (κ3) is 3.88. The van der Waals surface area contributed by atoms with Crippen LogP contribution in [-0.4, -0.2) is 48.6 Å². The Morgan fingerprint density at radius 2 is 2.38 bits per heavy atom. The van der Waals surface area contributed by atoms with Crippen molar-refractivity contribution in [2.45, 2.75) is 31.6 Å². The van der Waals surface area contributed by atoms with Gasteiger partial charge in [0.05, 0.1) is 0 Å². The van der Waals surface area contributed by atoms with Crippen molar-refractivity contribution >= 4 is 11.8 Å². The lowest BCUT2D eigenvalue weighted by atomic mass is 10.2. The fourth-order valence-electron chi connectivity index (χ4n) is 1.68. The topological polar surface area (TPSA) is 15.3 Å². The van der Waals surface area contributed by atoms with Crippen molar-refractivity contribution in [2.24, 2.45) is 0 Å². The lowest BCUT2D eigenvalue weighted by molar-refractivity contribution is 0.172. The maximum Gasteiger partial charge on any atom is 0.0192 e. The molecule has 2 unspecified atom stereocenters. The second-order valence-corrected chi connectivity index (χ2v) is 5.20. The quantitative estimate of drug-likeness (QED) is 0.742. The van der Waals surface area contributed by atoms with Crippen molar-refractivity contribution in [1.29, 1.82) is 0 Å². The smallest absolute Gasteiger partial charge is 0.0192 e. The summed E-state index contributed by atoms with van der Waals surface area (Å²) in [6, 6.07) is 0.725. The molecule has 0 saturated carbocycles. The Morgan fingerprint density at radius 1 is 1.62 bits per heavy atom. The number of thioether (sulfide) groups is 1. The zero-order valence-electron chi connectivity index (χ0n) is 9.05. The molecule has 1 saturated heterocycles. The van der Waals surface area contributed by atoms with Gasteiger partial charge in [-0.05, 0) is 26.1 Å². The van der Waals surface area contributed by atoms with Crippen LogP contribution < -0.4 is 5.32 Å². The van der Waals surface area contributed by atoms with Gasteiger partial charge in [-0.25, -0.2) is 0 Å². The minimum atomic E-state index is 0.725. The Balaban J connectivity index is 2.18. The van der Waals surface area contributed by atoms with E-state index in [4.69, 9.17) is 0 Å². The van der Waals surface area contributed by atoms with Crippen LogP contribution >= 0.6 is 11.8 Å². The van der Waals surface area contributed by atoms with Gasteiger partial charge in [-0.3, -0.25) is 4.90 Å². The first kappa shape index (κ1) is 11.3. The fourth-order valence-corrected chi connectivity index (χ4v) is 2.02. The average Bonchev–Trinajstić information content (AvgIpc) is 2.16. The molecule has 1 rings (SSSR count). The standard InChI is InChI=1S/C10H22N2S/c1-9-8-11-5-7-12(9)6-4-10(2)13-3/h9-11H,4-8H2,1-3H3. The fraction of sp³-hybridized carbons (Fsp3) is 1.00. The molecule has 1 aliphatic rings. The van der Waals surface area contributed by atoms with Crippen molar-refractivity contribution < 1.29 is 0 Å². The molecule has 1 aliphatic heterocycles. The molecule has 0 aromatic heterocycles. The van der Waals surface area contributed by atoms with Gasteiger partial charge in [0, 0.05) is 30.9 Å². The summed E-state index contributed by atoms with van der Waals surface area (Å²) in [5.74, 6) is 0. The van der Waals surface area contributed by atoms with Crippen LogP contribution in [0.3, 0.4) is 0 Å². The van der Waals surface area contributed by atoms with Crippen LogP contribution in [0.4, 0.5) is 0 Å². The predicted octanol–water partition coefficient (Wildman–Crippen LogP) is 1.42. The van der Waals surface area contributed by atoms with E-state index in [1.165, 1.54) is 19.5 Å². The number of nitrogens with zero attached hydrogens (tertiary/aromatic N) is 1. The monoisotopic (exact) mass is 202 g/mol. The highest BCUT2D eigenvalue weighted by Crippen LogP contribution is 2.12. The molecule has 13 heavy (non-hydrogen) atoms. The summed E-state index contributed by atoms with van der Waals surface area (Å²) in [4.78, 5) is 2.60. The van der Waals surface area contributed by atoms with E-state index in [1.807, 2.05) is 11.8 Å². The second kappa shape index (κ2) is 5.89. The highest BCUT2D eigenvalue weighted by Gasteiger charge is 2.17. The molecule has 0 spiro atoms. The van der Waals surface area contributed by atoms with Gasteiger partial charge in [0.15, 0.2) is 0 Å². The molecule has 78 valence electrons. The molecule has 2 nitrogen and oxygen atoms in total. The zero-order valence-corrected chi connectivity index (χ0v) is 9.86. The van der Waals surface area contributed by atoms with Crippen molar-refractivity contribution in [1.82, 2.24) is 10.2 Å². The number of rotatable bonds is 4. The summed E-state index contributed by atoms with van der Waals surface area (Å²) in [6.07, 6.45) is 3.53. The summed E-state index contributed by atoms with van der Waals surface area (Å²) in [5.41, 5.74) is 0. The summed E-state index contributed by atoms with van der Waals surface area (Å²) in [5, 5.41) is 4.23. The molecule has 0 radical (unpaired) electrons. The molecule has 0 aromatic rings. The van der Waals surface area contributed by atoms with Crippen LogP contribution in [0.5, 0.6) is 0 Å². The average molecular weight is 202 g/mol. The van der Waals surface area contributed by atoms with Crippen LogP contribution in [0.1, 0.15) is 20.3 Å². The summed E-state index contributed by atoms with van der Waals surface area (Å²) in [7, 11) is 0. The van der Waals surface area contributed by atoms with E-state index in [9.17, 15) is 0 Å². The van der Waals surface area contributed by atoms with E-state index in [0.717, 1.165) is 24.4 Å². The molecule has 0 aliphatic carbocycles. The van der Waals surface area contributed by atoms with Gasteiger partial charge < -0.3 is 5.32 Å². The van der Waals surface area contributed by atoms with Gasteiger partial charge >= 0.3 is 0 Å². The first-order valence-corrected chi connectivity index (χ1v) is 6.50. The van der Waals surface area contributed by atoms with Crippen LogP contribution in [0.15, 0.2) is 0 Å². The highest BCUT2D eigenvalue weighted by molar-refractivity contribution is 7.99. The van der Waals surface area contributed by atoms with Crippen LogP contribution in [-0.2, 0) is 0 Å². The summed E-state index contributed by atoms with van der Waals surface area (Å²) in [6.45, 7) is 9.45. The van der Waals surface area contributed by atoms with Crippen LogP contribution in [0.2, 0.25) is 0 Å². The Bertz CT molecular complexity index is 141. The zero-order chi connectivity index (χ0) is 9.68. The van der Waals surface area contributed by atoms with Gasteiger partial charge in [-0.2, -0.15) is 11.8 Å². The number of nitrogens with one attached hydrogen (secondary N) is 1. The molecule has 1 heterocycles. The van der Waals surface area contributed by atoms with Gasteiger partial charge in [0.25, 0.3) is 0 Å². The van der Waals surface area contributed by atoms with E-state index in [0.29, 0.717) is 0 Å². The third-order valence-electron chi connectivity index (χ3n) is 2.86. The highest BCUT2D eigenvalue weighted by atomic mass is 32.2. The molecule has 0 aromatic carbocycles. The molecule has 2 atom stereocenters. The van der Waals surface area contributed by atoms with E-state index in [2.05, 4.69) is 30.3 Å². The van der Waals surface area contributed by atoms with E-state index in [-0.39, 0.29) is 0 Å². The first-order chi connectivity index (χ1) is 6.24. The van der Waals surface area contributed by atoms with Gasteiger partial charge in [-0.1, -0.05) is 6.92 Å². The molecule has 1 N–H and O–H groups in total. The summed E-state index contributed by atoms with van der Waals surface area (Å²) >= 11 is 1.97. The summed E-state index contributed by atoms with van der Waals surface area (Å²) < 4.78 is 0. The van der Waals surface area contributed by atoms with E-state index in [1.54, 1.807) is 0 Å². The molecular formula is C10H22N2S. The van der Waals surface area contributed by atoms with Crippen molar-refractivity contribution in [3.05, 3.63) is 0 Å². The largest absolute Gasteiger partial charge is 0.314 e. The molecule has 0 amide bonds. The lowest BCUT2D eigenvalue weighted by Crippen LogP contribution is -2.50. The molecule has 0 bridgehead atoms. The number of hydrogen-bond acceptors (Lipinski definition) is 3. The molecule has 1 fully saturated rings. The van der Waals surface area contributed by atoms with Crippen LogP contribution in [0.25, 0.3) is 0 Å². The maximum absolute atomic E-state index is 3.42. The third-order valence-corrected chi connectivity index (χ3v) is 3.90. The Kier molecular flexibility index (Phi) is 5.14. The second-order valence-electron chi connectivity index (χ2n) is 3.92. The van der Waals surface area contributed by atoms with Crippen molar-refractivity contribution in [3.63, 3.8) is 0 Å². The van der Waals surface area contributed by atoms with Crippen LogP contribution in [0, 0.1) is 0 Å². The normalized spacial score (nSPS) is 27.5. The lowest BCUT2D eigenvalue weighted by Gasteiger charge is -2.34. The maximum atomic E-state index is 3.42. The van der Waals surface area contributed by atoms with Gasteiger partial charge in [0.2, 0.25) is 0 Å². The van der Waals surface area contributed by atoms with Gasteiger partial charge in [0.1, 0.15) is 0 Å². The van der Waals surface area contributed by atoms with Crippen molar-refractivity contribution in [2.75, 3.05) is 32.4 Å². The van der Waals surface area contributed by atoms with E-state index < -0.39 is 0 Å². The SMILES string of the molecule is CSC(C)CCN1CCNCC1C. The van der Waals surface area contributed by atoms with Gasteiger partial charge in [-0.15, -0.1) is 0 Å². The first-order valence-electron chi connectivity index (χ1n) is 5.21. The Hall–Kier alpha value is 0.270. The molecular weight excluding hydrogens is 180 g/mol. The minimum absolute atomic E-state index is 0.725. The Morgan fingerprint density at radius 3 is 3.00 bits per heavy atom. The minimum Gasteiger partial charge on any atom is -0.314 e. The number of piperazine rings is 1. The number of hydrogen-bond donors (Lipinski definition) is 1. The molecule has 3 heteroatoms. The van der Waals surface area contributed by atoms with Crippen molar-refractivity contribution in [3.8, 4) is 0 Å². The predicted molar refractivity (Wildman–Crippen MR) is 61.5 cm³/mol. The Labute approximate surface area is 86.5 Å².